The quantitative estimate of drug-likeness (QED) is 0.360. The first-order valence-electron chi connectivity index (χ1n) is 10.4. The van der Waals surface area contributed by atoms with Gasteiger partial charge in [-0.3, -0.25) is 9.97 Å². The van der Waals surface area contributed by atoms with Crippen molar-refractivity contribution in [2.45, 2.75) is 0 Å². The van der Waals surface area contributed by atoms with Gasteiger partial charge in [-0.05, 0) is 48.5 Å². The number of nitrogens with zero attached hydrogens (tertiary/aromatic N) is 3. The third-order valence-electron chi connectivity index (χ3n) is 4.73. The number of rotatable bonds is 8. The Bertz CT molecular complexity index is 1320. The molecule has 2 heterocycles. The Morgan fingerprint density at radius 2 is 1.82 bits per heavy atom. The highest BCUT2D eigenvalue weighted by Crippen LogP contribution is 2.33. The second-order valence-electron chi connectivity index (χ2n) is 7.07. The van der Waals surface area contributed by atoms with Crippen molar-refractivity contribution in [3.63, 3.8) is 0 Å². The highest BCUT2D eigenvalue weighted by Gasteiger charge is 2.12. The number of carbonyl (C=O) groups excluding carboxylic acids is 1. The standard InChI is InChI=1S/C25H21N5O4/c1-32-11-12-33-24-14-22-21(13-17(24)15-26)23(8-10-28-22)34-20-6-4-18(5-7-20)29-25(31)30-19-3-2-9-27-16-19/h2-10,13-14,16H,11-12H2,1H3,(H2,29,30,31). The number of urea groups is 1. The third-order valence-corrected chi connectivity index (χ3v) is 4.73. The minimum atomic E-state index is -0.380. The van der Waals surface area contributed by atoms with Crippen LogP contribution in [0.5, 0.6) is 17.2 Å². The summed E-state index contributed by atoms with van der Waals surface area (Å²) in [7, 11) is 1.58. The Balaban J connectivity index is 1.47. The van der Waals surface area contributed by atoms with Crippen LogP contribution in [-0.2, 0) is 4.74 Å². The molecule has 0 bridgehead atoms. The summed E-state index contributed by atoms with van der Waals surface area (Å²) in [6.45, 7) is 0.739. The number of benzene rings is 2. The summed E-state index contributed by atoms with van der Waals surface area (Å²) < 4.78 is 16.7. The summed E-state index contributed by atoms with van der Waals surface area (Å²) in [6.07, 6.45) is 4.81. The summed E-state index contributed by atoms with van der Waals surface area (Å²) in [5.74, 6) is 1.54. The largest absolute Gasteiger partial charge is 0.490 e. The van der Waals surface area contributed by atoms with Gasteiger partial charge in [0.15, 0.2) is 0 Å². The lowest BCUT2D eigenvalue weighted by atomic mass is 10.1. The topological polar surface area (TPSA) is 118 Å². The van der Waals surface area contributed by atoms with Gasteiger partial charge in [-0.25, -0.2) is 4.79 Å². The van der Waals surface area contributed by atoms with Gasteiger partial charge in [0, 0.05) is 36.6 Å². The summed E-state index contributed by atoms with van der Waals surface area (Å²) in [5, 5.41) is 15.7. The van der Waals surface area contributed by atoms with E-state index in [1.165, 1.54) is 0 Å². The Morgan fingerprint density at radius 1 is 1.00 bits per heavy atom. The van der Waals surface area contributed by atoms with Crippen LogP contribution < -0.4 is 20.1 Å². The molecule has 2 aromatic carbocycles. The molecule has 0 unspecified atom stereocenters. The van der Waals surface area contributed by atoms with Crippen molar-refractivity contribution in [2.24, 2.45) is 0 Å². The molecule has 0 aliphatic carbocycles. The zero-order chi connectivity index (χ0) is 23.8. The molecular weight excluding hydrogens is 434 g/mol. The predicted octanol–water partition coefficient (Wildman–Crippen LogP) is 4.96. The third kappa shape index (κ3) is 5.56. The second-order valence-corrected chi connectivity index (χ2v) is 7.07. The molecule has 4 rings (SSSR count). The number of nitrogens with one attached hydrogen (secondary N) is 2. The van der Waals surface area contributed by atoms with Crippen LogP contribution in [0.2, 0.25) is 0 Å². The molecule has 2 amide bonds. The number of amides is 2. The van der Waals surface area contributed by atoms with Crippen LogP contribution in [0.15, 0.2) is 73.2 Å². The summed E-state index contributed by atoms with van der Waals surface area (Å²) in [5.41, 5.74) is 2.20. The van der Waals surface area contributed by atoms with Crippen LogP contribution in [0.3, 0.4) is 0 Å². The number of carbonyl (C=O) groups is 1. The van der Waals surface area contributed by atoms with Gasteiger partial charge in [0.1, 0.15) is 29.9 Å². The SMILES string of the molecule is COCCOc1cc2nccc(Oc3ccc(NC(=O)Nc4cccnc4)cc3)c2cc1C#N. The first-order chi connectivity index (χ1) is 16.7. The van der Waals surface area contributed by atoms with Gasteiger partial charge in [-0.1, -0.05) is 0 Å². The Hall–Kier alpha value is -4.68. The summed E-state index contributed by atoms with van der Waals surface area (Å²) in [4.78, 5) is 20.5. The molecule has 2 N–H and O–H groups in total. The maximum Gasteiger partial charge on any atom is 0.323 e. The van der Waals surface area contributed by atoms with Crippen LogP contribution in [0.4, 0.5) is 16.2 Å². The second kappa shape index (κ2) is 10.8. The van der Waals surface area contributed by atoms with E-state index in [4.69, 9.17) is 14.2 Å². The summed E-state index contributed by atoms with van der Waals surface area (Å²) >= 11 is 0. The molecule has 0 saturated carbocycles. The van der Waals surface area contributed by atoms with Crippen molar-refractivity contribution in [3.05, 3.63) is 78.8 Å². The molecule has 2 aromatic heterocycles. The van der Waals surface area contributed by atoms with E-state index in [9.17, 15) is 10.1 Å². The van der Waals surface area contributed by atoms with E-state index in [0.29, 0.717) is 58.3 Å². The van der Waals surface area contributed by atoms with Crippen LogP contribution in [0.1, 0.15) is 5.56 Å². The molecule has 0 spiro atoms. The van der Waals surface area contributed by atoms with Crippen molar-refractivity contribution < 1.29 is 19.0 Å². The van der Waals surface area contributed by atoms with Crippen LogP contribution in [0.25, 0.3) is 10.9 Å². The number of fused-ring (bicyclic) bond motifs is 1. The molecule has 9 nitrogen and oxygen atoms in total. The number of hydrogen-bond donors (Lipinski definition) is 2. The van der Waals surface area contributed by atoms with Gasteiger partial charge in [-0.2, -0.15) is 5.26 Å². The molecule has 4 aromatic rings. The Labute approximate surface area is 195 Å². The van der Waals surface area contributed by atoms with Crippen LogP contribution in [-0.4, -0.2) is 36.3 Å². The van der Waals surface area contributed by atoms with Crippen molar-refractivity contribution in [3.8, 4) is 23.3 Å². The van der Waals surface area contributed by atoms with Gasteiger partial charge in [-0.15, -0.1) is 0 Å². The monoisotopic (exact) mass is 455 g/mol. The fourth-order valence-corrected chi connectivity index (χ4v) is 3.14. The highest BCUT2D eigenvalue weighted by molar-refractivity contribution is 5.99. The smallest absolute Gasteiger partial charge is 0.323 e. The van der Waals surface area contributed by atoms with E-state index in [1.807, 2.05) is 0 Å². The zero-order valence-corrected chi connectivity index (χ0v) is 18.3. The molecule has 0 radical (unpaired) electrons. The molecule has 0 saturated heterocycles. The predicted molar refractivity (Wildman–Crippen MR) is 127 cm³/mol. The fraction of sp³-hybridized carbons (Fsp3) is 0.120. The molecular formula is C25H21N5O4. The lowest BCUT2D eigenvalue weighted by Crippen LogP contribution is -2.19. The maximum atomic E-state index is 12.1. The molecule has 0 fully saturated rings. The van der Waals surface area contributed by atoms with Crippen molar-refractivity contribution in [2.75, 3.05) is 31.0 Å². The first kappa shape index (κ1) is 22.5. The molecule has 0 aliphatic heterocycles. The number of aromatic nitrogens is 2. The van der Waals surface area contributed by atoms with E-state index < -0.39 is 0 Å². The summed E-state index contributed by atoms with van der Waals surface area (Å²) in [6, 6.07) is 17.3. The van der Waals surface area contributed by atoms with E-state index in [-0.39, 0.29) is 6.03 Å². The number of ether oxygens (including phenoxy) is 3. The zero-order valence-electron chi connectivity index (χ0n) is 18.3. The number of anilines is 2. The number of pyridine rings is 2. The highest BCUT2D eigenvalue weighted by atomic mass is 16.5. The maximum absolute atomic E-state index is 12.1. The van der Waals surface area contributed by atoms with Crippen molar-refractivity contribution >= 4 is 28.3 Å². The average molecular weight is 455 g/mol. The molecule has 0 atom stereocenters. The van der Waals surface area contributed by atoms with Gasteiger partial charge >= 0.3 is 6.03 Å². The van der Waals surface area contributed by atoms with E-state index in [2.05, 4.69) is 26.7 Å². The number of methoxy groups -OCH3 is 1. The molecule has 9 heteroatoms. The molecule has 170 valence electrons. The Kier molecular flexibility index (Phi) is 7.12. The van der Waals surface area contributed by atoms with Crippen molar-refractivity contribution in [1.82, 2.24) is 9.97 Å². The van der Waals surface area contributed by atoms with E-state index in [0.717, 1.165) is 0 Å². The molecule has 34 heavy (non-hydrogen) atoms. The van der Waals surface area contributed by atoms with Gasteiger partial charge < -0.3 is 24.8 Å². The normalized spacial score (nSPS) is 10.4. The minimum absolute atomic E-state index is 0.327. The van der Waals surface area contributed by atoms with Crippen molar-refractivity contribution in [1.29, 1.82) is 5.26 Å². The fourth-order valence-electron chi connectivity index (χ4n) is 3.14. The number of nitriles is 1. The van der Waals surface area contributed by atoms with Crippen LogP contribution >= 0.6 is 0 Å². The minimum Gasteiger partial charge on any atom is -0.490 e. The van der Waals surface area contributed by atoms with Crippen LogP contribution in [0, 0.1) is 11.3 Å². The molecule has 0 aliphatic rings. The van der Waals surface area contributed by atoms with E-state index in [1.54, 1.807) is 80.3 Å². The van der Waals surface area contributed by atoms with E-state index >= 15 is 0 Å². The first-order valence-corrected chi connectivity index (χ1v) is 10.4. The average Bonchev–Trinajstić information content (AvgIpc) is 2.85. The lowest BCUT2D eigenvalue weighted by Gasteiger charge is -2.12. The van der Waals surface area contributed by atoms with Gasteiger partial charge in [0.2, 0.25) is 0 Å². The Morgan fingerprint density at radius 3 is 2.56 bits per heavy atom. The lowest BCUT2D eigenvalue weighted by molar-refractivity contribution is 0.146. The van der Waals surface area contributed by atoms with Gasteiger partial charge in [0.25, 0.3) is 0 Å². The number of hydrogen-bond acceptors (Lipinski definition) is 7. The van der Waals surface area contributed by atoms with Gasteiger partial charge in [0.05, 0.1) is 29.6 Å².